The van der Waals surface area contributed by atoms with Crippen molar-refractivity contribution in [1.29, 1.82) is 0 Å². The minimum Gasteiger partial charge on any atom is -0.465 e. The van der Waals surface area contributed by atoms with Crippen LogP contribution in [0.15, 0.2) is 73.3 Å². The molecule has 2 heterocycles. The largest absolute Gasteiger partial charge is 0.465 e. The molecule has 0 saturated heterocycles. The maximum absolute atomic E-state index is 12.2. The standard InChI is InChI=1S/C19H20N2O2.C10H13ClN2O2.C9H8/c1-5-23-18(22)19(3,4)17-16(20-12-13-21-17)11-10-15-9-7-6-8-14(15)2;1-4-15-9(14)10(2,3)7-8(11)13-6-5-12-7;1-3-9-7-5-4-6-8(9)2/h6-9,12-13H,5H2,1-4H3;5-6H,4H2,1-3H3;1,4-7H,2H3. The van der Waals surface area contributed by atoms with Gasteiger partial charge in [-0.25, -0.2) is 9.97 Å². The smallest absolute Gasteiger partial charge is 0.317 e. The predicted octanol–water partition coefficient (Wildman–Crippen LogP) is 6.97. The van der Waals surface area contributed by atoms with Gasteiger partial charge < -0.3 is 9.47 Å². The molecule has 2 aromatic carbocycles. The van der Waals surface area contributed by atoms with E-state index in [0.29, 0.717) is 30.3 Å². The van der Waals surface area contributed by atoms with E-state index < -0.39 is 10.8 Å². The second-order valence-electron chi connectivity index (χ2n) is 11.2. The molecule has 244 valence electrons. The first-order valence-corrected chi connectivity index (χ1v) is 15.4. The Bertz CT molecular complexity index is 1770. The number of benzene rings is 2. The molecule has 0 atom stereocenters. The van der Waals surface area contributed by atoms with Crippen molar-refractivity contribution >= 4 is 23.5 Å². The van der Waals surface area contributed by atoms with Gasteiger partial charge in [0.25, 0.3) is 0 Å². The number of esters is 2. The number of hydrogen-bond acceptors (Lipinski definition) is 8. The van der Waals surface area contributed by atoms with Gasteiger partial charge in [0.05, 0.1) is 24.6 Å². The number of rotatable bonds is 6. The highest BCUT2D eigenvalue weighted by Crippen LogP contribution is 2.27. The number of carbonyl (C=O) groups is 2. The van der Waals surface area contributed by atoms with Gasteiger partial charge in [-0.2, -0.15) is 0 Å². The minimum absolute atomic E-state index is 0.232. The molecular weight excluding hydrogens is 612 g/mol. The number of hydrogen-bond donors (Lipinski definition) is 0. The molecule has 0 N–H and O–H groups in total. The summed E-state index contributed by atoms with van der Waals surface area (Å²) in [6, 6.07) is 15.7. The van der Waals surface area contributed by atoms with Crippen LogP contribution in [0.25, 0.3) is 0 Å². The molecule has 0 unspecified atom stereocenters. The molecule has 9 heteroatoms. The van der Waals surface area contributed by atoms with Crippen molar-refractivity contribution in [3.8, 4) is 24.2 Å². The second-order valence-corrected chi connectivity index (χ2v) is 11.5. The molecule has 0 saturated carbocycles. The average Bonchev–Trinajstić information content (AvgIpc) is 3.05. The van der Waals surface area contributed by atoms with Crippen LogP contribution >= 0.6 is 11.6 Å². The van der Waals surface area contributed by atoms with E-state index in [1.54, 1.807) is 53.9 Å². The molecule has 0 fully saturated rings. The van der Waals surface area contributed by atoms with E-state index in [-0.39, 0.29) is 17.1 Å². The van der Waals surface area contributed by atoms with Crippen molar-refractivity contribution in [2.24, 2.45) is 0 Å². The molecule has 2 aromatic heterocycles. The molecule has 0 spiro atoms. The minimum atomic E-state index is -0.903. The predicted molar refractivity (Wildman–Crippen MR) is 185 cm³/mol. The summed E-state index contributed by atoms with van der Waals surface area (Å²) in [6.45, 7) is 15.2. The molecule has 0 bridgehead atoms. The molecule has 0 radical (unpaired) electrons. The Morgan fingerprint density at radius 1 is 0.702 bits per heavy atom. The lowest BCUT2D eigenvalue weighted by Gasteiger charge is -2.22. The Labute approximate surface area is 283 Å². The number of aromatic nitrogens is 4. The van der Waals surface area contributed by atoms with Crippen LogP contribution in [0, 0.1) is 38.0 Å². The fourth-order valence-electron chi connectivity index (χ4n) is 4.02. The monoisotopic (exact) mass is 652 g/mol. The number of carbonyl (C=O) groups excluding carboxylic acids is 2. The molecular formula is C38H41ClN4O4. The second kappa shape index (κ2) is 18.2. The van der Waals surface area contributed by atoms with Crippen molar-refractivity contribution in [3.05, 3.63) is 118 Å². The van der Waals surface area contributed by atoms with Crippen molar-refractivity contribution in [1.82, 2.24) is 19.9 Å². The van der Waals surface area contributed by atoms with E-state index >= 15 is 0 Å². The van der Waals surface area contributed by atoms with Crippen LogP contribution < -0.4 is 0 Å². The third kappa shape index (κ3) is 10.8. The summed E-state index contributed by atoms with van der Waals surface area (Å²) in [5.74, 6) is 8.06. The van der Waals surface area contributed by atoms with Crippen LogP contribution in [0.3, 0.4) is 0 Å². The Morgan fingerprint density at radius 2 is 1.15 bits per heavy atom. The maximum atomic E-state index is 12.2. The van der Waals surface area contributed by atoms with E-state index in [2.05, 4.69) is 37.7 Å². The molecule has 0 aliphatic rings. The van der Waals surface area contributed by atoms with Gasteiger partial charge in [0, 0.05) is 35.9 Å². The van der Waals surface area contributed by atoms with Gasteiger partial charge in [-0.1, -0.05) is 59.8 Å². The zero-order valence-corrected chi connectivity index (χ0v) is 29.0. The Kier molecular flexibility index (Phi) is 14.8. The van der Waals surface area contributed by atoms with Gasteiger partial charge in [0.15, 0.2) is 5.15 Å². The van der Waals surface area contributed by atoms with E-state index in [4.69, 9.17) is 27.5 Å². The Morgan fingerprint density at radius 3 is 1.62 bits per heavy atom. The zero-order chi connectivity index (χ0) is 35.0. The quantitative estimate of drug-likeness (QED) is 0.162. The number of terminal acetylenes is 1. The van der Waals surface area contributed by atoms with Gasteiger partial charge >= 0.3 is 11.9 Å². The van der Waals surface area contributed by atoms with Gasteiger partial charge in [0.2, 0.25) is 0 Å². The van der Waals surface area contributed by atoms with Gasteiger partial charge in [0.1, 0.15) is 16.5 Å². The number of ether oxygens (including phenoxy) is 2. The van der Waals surface area contributed by atoms with E-state index in [0.717, 1.165) is 16.7 Å². The van der Waals surface area contributed by atoms with Crippen molar-refractivity contribution in [2.75, 3.05) is 13.2 Å². The maximum Gasteiger partial charge on any atom is 0.317 e. The highest BCUT2D eigenvalue weighted by atomic mass is 35.5. The van der Waals surface area contributed by atoms with Crippen LogP contribution in [-0.4, -0.2) is 45.1 Å². The topological polar surface area (TPSA) is 104 Å². The third-order valence-electron chi connectivity index (χ3n) is 6.87. The fourth-order valence-corrected chi connectivity index (χ4v) is 4.36. The molecule has 0 aliphatic carbocycles. The molecule has 47 heavy (non-hydrogen) atoms. The van der Waals surface area contributed by atoms with Crippen LogP contribution in [-0.2, 0) is 29.9 Å². The van der Waals surface area contributed by atoms with Crippen LogP contribution in [0.2, 0.25) is 5.15 Å². The summed E-state index contributed by atoms with van der Waals surface area (Å²) in [5, 5.41) is 0.232. The summed E-state index contributed by atoms with van der Waals surface area (Å²) in [5.41, 5.74) is 3.85. The van der Waals surface area contributed by atoms with Crippen molar-refractivity contribution in [2.45, 2.75) is 66.2 Å². The molecule has 0 aliphatic heterocycles. The summed E-state index contributed by atoms with van der Waals surface area (Å²) >= 11 is 5.87. The fraction of sp³-hybridized carbons (Fsp3) is 0.316. The number of aryl methyl sites for hydroxylation is 2. The first-order chi connectivity index (χ1) is 22.3. The van der Waals surface area contributed by atoms with Gasteiger partial charge in [-0.05, 0) is 84.6 Å². The lowest BCUT2D eigenvalue weighted by Crippen LogP contribution is -2.33. The van der Waals surface area contributed by atoms with Crippen LogP contribution in [0.4, 0.5) is 0 Å². The molecule has 8 nitrogen and oxygen atoms in total. The van der Waals surface area contributed by atoms with Crippen molar-refractivity contribution < 1.29 is 19.1 Å². The molecule has 4 aromatic rings. The van der Waals surface area contributed by atoms with Crippen LogP contribution in [0.5, 0.6) is 0 Å². The van der Waals surface area contributed by atoms with E-state index in [1.807, 2.05) is 62.4 Å². The Hall–Kier alpha value is -5.05. The molecule has 4 rings (SSSR count). The number of halogens is 1. The normalized spacial score (nSPS) is 10.4. The summed E-state index contributed by atoms with van der Waals surface area (Å²) in [7, 11) is 0. The first-order valence-electron chi connectivity index (χ1n) is 15.0. The summed E-state index contributed by atoms with van der Waals surface area (Å²) < 4.78 is 10.1. The number of nitrogens with zero attached hydrogens (tertiary/aromatic N) is 4. The van der Waals surface area contributed by atoms with E-state index in [9.17, 15) is 9.59 Å². The Balaban J connectivity index is 0.000000273. The third-order valence-corrected chi connectivity index (χ3v) is 7.15. The lowest BCUT2D eigenvalue weighted by atomic mass is 9.87. The average molecular weight is 653 g/mol. The van der Waals surface area contributed by atoms with Gasteiger partial charge in [-0.3, -0.25) is 19.6 Å². The highest BCUT2D eigenvalue weighted by Gasteiger charge is 2.36. The molecule has 0 amide bonds. The van der Waals surface area contributed by atoms with Gasteiger partial charge in [-0.15, -0.1) is 6.42 Å². The SMILES string of the molecule is C#Cc1ccccc1C.CCOC(=O)C(C)(C)c1nccnc1C#Cc1ccccc1C.CCOC(=O)C(C)(C)c1nccnc1Cl. The summed E-state index contributed by atoms with van der Waals surface area (Å²) in [6.07, 6.45) is 11.3. The first kappa shape index (κ1) is 38.1. The van der Waals surface area contributed by atoms with E-state index in [1.165, 1.54) is 18.0 Å². The van der Waals surface area contributed by atoms with Crippen LogP contribution in [0.1, 0.15) is 80.9 Å². The zero-order valence-electron chi connectivity index (χ0n) is 28.2. The highest BCUT2D eigenvalue weighted by molar-refractivity contribution is 6.30. The summed E-state index contributed by atoms with van der Waals surface area (Å²) in [4.78, 5) is 40.4. The lowest BCUT2D eigenvalue weighted by molar-refractivity contribution is -0.149. The van der Waals surface area contributed by atoms with Crippen molar-refractivity contribution in [3.63, 3.8) is 0 Å².